The second-order valence-electron chi connectivity index (χ2n) is 4.34. The Morgan fingerprint density at radius 1 is 1.47 bits per heavy atom. The summed E-state index contributed by atoms with van der Waals surface area (Å²) in [4.78, 5) is 12.2. The van der Waals surface area contributed by atoms with Crippen LogP contribution in [0.3, 0.4) is 0 Å². The lowest BCUT2D eigenvalue weighted by molar-refractivity contribution is -0.121. The van der Waals surface area contributed by atoms with Crippen LogP contribution in [0.2, 0.25) is 0 Å². The van der Waals surface area contributed by atoms with Gasteiger partial charge in [0.1, 0.15) is 5.75 Å². The third-order valence-corrected chi connectivity index (χ3v) is 3.29. The number of hydrogen-bond acceptors (Lipinski definition) is 4. The van der Waals surface area contributed by atoms with Crippen molar-refractivity contribution in [3.05, 3.63) is 23.8 Å². The van der Waals surface area contributed by atoms with E-state index < -0.39 is 5.54 Å². The number of nitriles is 1. The zero-order valence-electron chi connectivity index (χ0n) is 11.5. The number of benzene rings is 1. The van der Waals surface area contributed by atoms with Crippen LogP contribution < -0.4 is 15.8 Å². The summed E-state index contributed by atoms with van der Waals surface area (Å²) in [6, 6.07) is 6.85. The molecule has 0 atom stereocenters. The Labute approximate surface area is 113 Å². The average molecular weight is 261 g/mol. The van der Waals surface area contributed by atoms with Gasteiger partial charge in [0.2, 0.25) is 5.91 Å². The van der Waals surface area contributed by atoms with E-state index in [0.29, 0.717) is 29.8 Å². The molecule has 1 aromatic rings. The smallest absolute Gasteiger partial charge is 0.244 e. The van der Waals surface area contributed by atoms with Gasteiger partial charge in [0, 0.05) is 6.07 Å². The van der Waals surface area contributed by atoms with Crippen LogP contribution >= 0.6 is 0 Å². The molecule has 0 aliphatic carbocycles. The summed E-state index contributed by atoms with van der Waals surface area (Å²) in [6.07, 6.45) is 1.10. The molecular weight excluding hydrogens is 242 g/mol. The fraction of sp³-hybridized carbons (Fsp3) is 0.429. The van der Waals surface area contributed by atoms with Crippen molar-refractivity contribution in [3.63, 3.8) is 0 Å². The molecule has 1 amide bonds. The Morgan fingerprint density at radius 2 is 2.11 bits per heavy atom. The van der Waals surface area contributed by atoms with Crippen LogP contribution in [0, 0.1) is 11.3 Å². The van der Waals surface area contributed by atoms with E-state index in [2.05, 4.69) is 5.32 Å². The maximum atomic E-state index is 12.2. The predicted molar refractivity (Wildman–Crippen MR) is 73.8 cm³/mol. The number of methoxy groups -OCH3 is 1. The van der Waals surface area contributed by atoms with Gasteiger partial charge >= 0.3 is 0 Å². The van der Waals surface area contributed by atoms with Gasteiger partial charge in [0.25, 0.3) is 0 Å². The highest BCUT2D eigenvalue weighted by molar-refractivity contribution is 5.99. The molecule has 0 aliphatic rings. The first-order valence-electron chi connectivity index (χ1n) is 6.19. The summed E-state index contributed by atoms with van der Waals surface area (Å²) in [5, 5.41) is 11.6. The molecule has 0 aromatic heterocycles. The maximum absolute atomic E-state index is 12.2. The number of nitrogens with zero attached hydrogens (tertiary/aromatic N) is 1. The molecule has 0 fully saturated rings. The van der Waals surface area contributed by atoms with Gasteiger partial charge in [-0.05, 0) is 25.0 Å². The van der Waals surface area contributed by atoms with Crippen LogP contribution in [-0.4, -0.2) is 18.6 Å². The Balaban J connectivity index is 3.00. The van der Waals surface area contributed by atoms with Crippen LogP contribution in [0.25, 0.3) is 0 Å². The molecule has 0 aliphatic heterocycles. The molecule has 102 valence electrons. The van der Waals surface area contributed by atoms with Crippen LogP contribution in [-0.2, 0) is 4.79 Å². The Bertz CT molecular complexity index is 502. The Hall–Kier alpha value is -2.06. The van der Waals surface area contributed by atoms with Crippen molar-refractivity contribution in [3.8, 4) is 11.8 Å². The van der Waals surface area contributed by atoms with Gasteiger partial charge in [-0.1, -0.05) is 13.8 Å². The molecule has 0 heterocycles. The molecule has 0 spiro atoms. The normalized spacial score (nSPS) is 10.7. The number of rotatable bonds is 5. The summed E-state index contributed by atoms with van der Waals surface area (Å²) >= 11 is 0. The quantitative estimate of drug-likeness (QED) is 0.848. The number of nitrogens with one attached hydrogen (secondary N) is 1. The Kier molecular flexibility index (Phi) is 4.90. The monoisotopic (exact) mass is 261 g/mol. The van der Waals surface area contributed by atoms with Crippen LogP contribution in [0.1, 0.15) is 32.3 Å². The first kappa shape index (κ1) is 15.0. The molecule has 0 saturated heterocycles. The summed E-state index contributed by atoms with van der Waals surface area (Å²) in [5.74, 6) is 0.197. The zero-order valence-corrected chi connectivity index (χ0v) is 11.5. The number of nitrogens with two attached hydrogens (primary N) is 1. The number of hydrogen-bond donors (Lipinski definition) is 2. The third-order valence-electron chi connectivity index (χ3n) is 3.29. The third kappa shape index (κ3) is 3.24. The van der Waals surface area contributed by atoms with E-state index in [1.165, 1.54) is 7.11 Å². The van der Waals surface area contributed by atoms with Gasteiger partial charge < -0.3 is 15.8 Å². The lowest BCUT2D eigenvalue weighted by Gasteiger charge is -2.25. The molecule has 0 unspecified atom stereocenters. The minimum Gasteiger partial charge on any atom is -0.495 e. The van der Waals surface area contributed by atoms with E-state index in [4.69, 9.17) is 15.7 Å². The SMILES string of the molecule is CCC(N)(CC)C(=O)Nc1ccc(C#N)cc1OC. The molecule has 0 radical (unpaired) electrons. The molecule has 1 rings (SSSR count). The number of amides is 1. The van der Waals surface area contributed by atoms with Crippen molar-refractivity contribution in [1.82, 2.24) is 0 Å². The highest BCUT2D eigenvalue weighted by Gasteiger charge is 2.30. The number of carbonyl (C=O) groups excluding carboxylic acids is 1. The van der Waals surface area contributed by atoms with Gasteiger partial charge in [-0.3, -0.25) is 4.79 Å². The summed E-state index contributed by atoms with van der Waals surface area (Å²) in [6.45, 7) is 3.75. The van der Waals surface area contributed by atoms with Gasteiger partial charge in [0.05, 0.1) is 30.0 Å². The second kappa shape index (κ2) is 6.21. The fourth-order valence-corrected chi connectivity index (χ4v) is 1.68. The molecule has 0 saturated carbocycles. The molecule has 0 bridgehead atoms. The number of carbonyl (C=O) groups is 1. The van der Waals surface area contributed by atoms with E-state index in [0.717, 1.165) is 0 Å². The van der Waals surface area contributed by atoms with Crippen molar-refractivity contribution in [2.24, 2.45) is 5.73 Å². The summed E-state index contributed by atoms with van der Waals surface area (Å²) < 4.78 is 5.16. The first-order valence-corrected chi connectivity index (χ1v) is 6.19. The maximum Gasteiger partial charge on any atom is 0.244 e. The Morgan fingerprint density at radius 3 is 2.58 bits per heavy atom. The summed E-state index contributed by atoms with van der Waals surface area (Å²) in [7, 11) is 1.49. The molecule has 5 nitrogen and oxygen atoms in total. The molecule has 1 aromatic carbocycles. The topological polar surface area (TPSA) is 88.1 Å². The van der Waals surface area contributed by atoms with Crippen molar-refractivity contribution >= 4 is 11.6 Å². The van der Waals surface area contributed by atoms with Crippen molar-refractivity contribution in [2.45, 2.75) is 32.2 Å². The molecular formula is C14H19N3O2. The molecule has 19 heavy (non-hydrogen) atoms. The minimum absolute atomic E-state index is 0.250. The van der Waals surface area contributed by atoms with E-state index in [1.54, 1.807) is 18.2 Å². The van der Waals surface area contributed by atoms with E-state index in [1.807, 2.05) is 19.9 Å². The highest BCUT2D eigenvalue weighted by Crippen LogP contribution is 2.26. The second-order valence-corrected chi connectivity index (χ2v) is 4.34. The van der Waals surface area contributed by atoms with Gasteiger partial charge in [-0.15, -0.1) is 0 Å². The predicted octanol–water partition coefficient (Wildman–Crippen LogP) is 2.02. The zero-order chi connectivity index (χ0) is 14.5. The average Bonchev–Trinajstić information content (AvgIpc) is 2.46. The van der Waals surface area contributed by atoms with Gasteiger partial charge in [-0.25, -0.2) is 0 Å². The summed E-state index contributed by atoms with van der Waals surface area (Å²) in [5.41, 5.74) is 6.13. The van der Waals surface area contributed by atoms with E-state index in [9.17, 15) is 4.79 Å². The number of anilines is 1. The fourth-order valence-electron chi connectivity index (χ4n) is 1.68. The van der Waals surface area contributed by atoms with E-state index >= 15 is 0 Å². The molecule has 5 heteroatoms. The van der Waals surface area contributed by atoms with E-state index in [-0.39, 0.29) is 5.91 Å². The standard InChI is InChI=1S/C14H19N3O2/c1-4-14(16,5-2)13(18)17-11-7-6-10(9-15)8-12(11)19-3/h6-8H,4-5,16H2,1-3H3,(H,17,18). The van der Waals surface area contributed by atoms with Gasteiger partial charge in [-0.2, -0.15) is 5.26 Å². The van der Waals surface area contributed by atoms with Crippen molar-refractivity contribution < 1.29 is 9.53 Å². The number of ether oxygens (including phenoxy) is 1. The first-order chi connectivity index (χ1) is 9.00. The lowest BCUT2D eigenvalue weighted by atomic mass is 9.93. The largest absolute Gasteiger partial charge is 0.495 e. The van der Waals surface area contributed by atoms with Crippen LogP contribution in [0.15, 0.2) is 18.2 Å². The van der Waals surface area contributed by atoms with Crippen LogP contribution in [0.4, 0.5) is 5.69 Å². The van der Waals surface area contributed by atoms with Gasteiger partial charge in [0.15, 0.2) is 0 Å². The lowest BCUT2D eigenvalue weighted by Crippen LogP contribution is -2.50. The highest BCUT2D eigenvalue weighted by atomic mass is 16.5. The van der Waals surface area contributed by atoms with Crippen molar-refractivity contribution in [1.29, 1.82) is 5.26 Å². The van der Waals surface area contributed by atoms with Crippen LogP contribution in [0.5, 0.6) is 5.75 Å². The molecule has 3 N–H and O–H groups in total. The van der Waals surface area contributed by atoms with Crippen molar-refractivity contribution in [2.75, 3.05) is 12.4 Å². The minimum atomic E-state index is -0.890.